The second-order valence-electron chi connectivity index (χ2n) is 7.67. The second-order valence-corrected chi connectivity index (χ2v) is 7.67. The molecule has 0 radical (unpaired) electrons. The van der Waals surface area contributed by atoms with Crippen LogP contribution in [0.5, 0.6) is 11.5 Å². The van der Waals surface area contributed by atoms with Gasteiger partial charge in [-0.2, -0.15) is 14.6 Å². The van der Waals surface area contributed by atoms with Crippen molar-refractivity contribution in [2.24, 2.45) is 5.92 Å². The average molecular weight is 408 g/mol. The normalized spacial score (nSPS) is 18.1. The summed E-state index contributed by atoms with van der Waals surface area (Å²) in [5, 5.41) is 7.43. The van der Waals surface area contributed by atoms with Crippen LogP contribution in [0.3, 0.4) is 0 Å². The van der Waals surface area contributed by atoms with Crippen LogP contribution in [0.2, 0.25) is 0 Å². The van der Waals surface area contributed by atoms with Gasteiger partial charge in [-0.25, -0.2) is 4.98 Å². The number of hydrogen-bond acceptors (Lipinski definition) is 7. The van der Waals surface area contributed by atoms with Gasteiger partial charge in [0.25, 0.3) is 5.78 Å². The highest BCUT2D eigenvalue weighted by molar-refractivity contribution is 5.93. The molecule has 1 unspecified atom stereocenters. The number of hydrogen-bond donors (Lipinski definition) is 1. The van der Waals surface area contributed by atoms with E-state index in [4.69, 9.17) is 9.47 Å². The lowest BCUT2D eigenvalue weighted by Gasteiger charge is -2.35. The smallest absolute Gasteiger partial charge is 0.254 e. The lowest BCUT2D eigenvalue weighted by atomic mass is 9.96. The Morgan fingerprint density at radius 1 is 1.30 bits per heavy atom. The molecule has 9 nitrogen and oxygen atoms in total. The Hall–Kier alpha value is -3.36. The number of carbonyl (C=O) groups excluding carboxylic acids is 1. The van der Waals surface area contributed by atoms with E-state index in [0.29, 0.717) is 29.5 Å². The summed E-state index contributed by atoms with van der Waals surface area (Å²) in [6.45, 7) is 5.84. The number of anilines is 2. The van der Waals surface area contributed by atoms with Crippen LogP contribution in [0.4, 0.5) is 11.5 Å². The van der Waals surface area contributed by atoms with Crippen LogP contribution in [0, 0.1) is 12.8 Å². The van der Waals surface area contributed by atoms with Crippen LogP contribution in [-0.2, 0) is 11.2 Å². The van der Waals surface area contributed by atoms with E-state index >= 15 is 0 Å². The first-order chi connectivity index (χ1) is 14.6. The van der Waals surface area contributed by atoms with Gasteiger partial charge in [0.2, 0.25) is 12.7 Å². The Kier molecular flexibility index (Phi) is 4.65. The molecule has 0 saturated carbocycles. The van der Waals surface area contributed by atoms with Gasteiger partial charge < -0.3 is 19.7 Å². The number of nitrogens with zero attached hydrogens (tertiary/aromatic N) is 5. The molecule has 1 fully saturated rings. The average Bonchev–Trinajstić information content (AvgIpc) is 3.41. The van der Waals surface area contributed by atoms with Gasteiger partial charge in [0, 0.05) is 36.1 Å². The molecule has 9 heteroatoms. The lowest BCUT2D eigenvalue weighted by molar-refractivity contribution is -0.120. The number of piperidine rings is 1. The topological polar surface area (TPSA) is 93.9 Å². The van der Waals surface area contributed by atoms with Crippen molar-refractivity contribution in [1.29, 1.82) is 0 Å². The van der Waals surface area contributed by atoms with Crippen LogP contribution in [0.15, 0.2) is 24.5 Å². The number of ether oxygens (including phenoxy) is 2. The number of fused-ring (bicyclic) bond motifs is 2. The van der Waals surface area contributed by atoms with Crippen molar-refractivity contribution >= 4 is 23.2 Å². The van der Waals surface area contributed by atoms with Gasteiger partial charge in [0.1, 0.15) is 12.1 Å². The first-order valence-corrected chi connectivity index (χ1v) is 10.3. The maximum atomic E-state index is 13.0. The quantitative estimate of drug-likeness (QED) is 0.709. The number of aromatic nitrogens is 4. The summed E-state index contributed by atoms with van der Waals surface area (Å²) in [5.74, 6) is 2.84. The minimum atomic E-state index is -0.124. The third-order valence-electron chi connectivity index (χ3n) is 5.79. The van der Waals surface area contributed by atoms with Gasteiger partial charge in [-0.3, -0.25) is 4.79 Å². The predicted octanol–water partition coefficient (Wildman–Crippen LogP) is 2.58. The minimum absolute atomic E-state index is 0.0113. The largest absolute Gasteiger partial charge is 0.454 e. The molecule has 1 amide bonds. The molecule has 30 heavy (non-hydrogen) atoms. The Morgan fingerprint density at radius 2 is 2.17 bits per heavy atom. The van der Waals surface area contributed by atoms with Gasteiger partial charge >= 0.3 is 0 Å². The standard InChI is InChI=1S/C21H24N6O3/c1-3-16-13(2)24-21-22-11-23-27(21)20(16)26-8-4-5-14(10-26)19(28)25-15-6-7-17-18(9-15)30-12-29-17/h6-7,9,11,14H,3-5,8,10,12H2,1-2H3,(H,25,28). The number of benzene rings is 1. The Balaban J connectivity index is 1.38. The molecule has 0 spiro atoms. The summed E-state index contributed by atoms with van der Waals surface area (Å²) in [4.78, 5) is 24.1. The van der Waals surface area contributed by atoms with Gasteiger partial charge in [0.05, 0.1) is 5.92 Å². The van der Waals surface area contributed by atoms with E-state index in [1.165, 1.54) is 6.33 Å². The fraction of sp³-hybridized carbons (Fsp3) is 0.429. The SMILES string of the molecule is CCc1c(C)nc2ncnn2c1N1CCCC(C(=O)Nc2ccc3c(c2)OCO3)C1. The molecular formula is C21H24N6O3. The number of carbonyl (C=O) groups is 1. The highest BCUT2D eigenvalue weighted by Crippen LogP contribution is 2.35. The van der Waals surface area contributed by atoms with Crippen LogP contribution in [0.1, 0.15) is 31.0 Å². The number of rotatable bonds is 4. The summed E-state index contributed by atoms with van der Waals surface area (Å²) in [6.07, 6.45) is 4.14. The third kappa shape index (κ3) is 3.20. The predicted molar refractivity (Wildman–Crippen MR) is 111 cm³/mol. The summed E-state index contributed by atoms with van der Waals surface area (Å²) >= 11 is 0. The maximum Gasteiger partial charge on any atom is 0.254 e. The van der Waals surface area contributed by atoms with Crippen LogP contribution in [0.25, 0.3) is 5.78 Å². The first-order valence-electron chi connectivity index (χ1n) is 10.3. The molecule has 1 atom stereocenters. The molecule has 1 saturated heterocycles. The molecule has 2 aliphatic heterocycles. The lowest BCUT2D eigenvalue weighted by Crippen LogP contribution is -2.42. The minimum Gasteiger partial charge on any atom is -0.454 e. The highest BCUT2D eigenvalue weighted by Gasteiger charge is 2.29. The van der Waals surface area contributed by atoms with E-state index < -0.39 is 0 Å². The zero-order chi connectivity index (χ0) is 20.7. The van der Waals surface area contributed by atoms with Crippen molar-refractivity contribution in [2.45, 2.75) is 33.1 Å². The zero-order valence-electron chi connectivity index (χ0n) is 17.1. The first kappa shape index (κ1) is 18.7. The van der Waals surface area contributed by atoms with Gasteiger partial charge in [-0.05, 0) is 38.3 Å². The zero-order valence-corrected chi connectivity index (χ0v) is 17.1. The molecule has 4 heterocycles. The monoisotopic (exact) mass is 408 g/mol. The number of aryl methyl sites for hydroxylation is 1. The van der Waals surface area contributed by atoms with Crippen molar-refractivity contribution in [1.82, 2.24) is 19.6 Å². The Morgan fingerprint density at radius 3 is 3.03 bits per heavy atom. The van der Waals surface area contributed by atoms with Gasteiger partial charge in [-0.15, -0.1) is 0 Å². The summed E-state index contributed by atoms with van der Waals surface area (Å²) in [5.41, 5.74) is 2.82. The summed E-state index contributed by atoms with van der Waals surface area (Å²) < 4.78 is 12.5. The van der Waals surface area contributed by atoms with Crippen LogP contribution in [-0.4, -0.2) is 45.4 Å². The Bertz CT molecular complexity index is 1110. The molecule has 0 aliphatic carbocycles. The molecule has 156 valence electrons. The second kappa shape index (κ2) is 7.47. The van der Waals surface area contributed by atoms with Crippen molar-refractivity contribution < 1.29 is 14.3 Å². The third-order valence-corrected chi connectivity index (χ3v) is 5.79. The van der Waals surface area contributed by atoms with Gasteiger partial charge in [0.15, 0.2) is 11.5 Å². The summed E-state index contributed by atoms with van der Waals surface area (Å²) in [7, 11) is 0. The fourth-order valence-corrected chi connectivity index (χ4v) is 4.31. The molecule has 0 bridgehead atoms. The highest BCUT2D eigenvalue weighted by atomic mass is 16.7. The summed E-state index contributed by atoms with van der Waals surface area (Å²) in [6, 6.07) is 5.47. The van der Waals surface area contributed by atoms with E-state index in [2.05, 4.69) is 32.2 Å². The van der Waals surface area contributed by atoms with E-state index in [9.17, 15) is 4.79 Å². The molecule has 3 aromatic rings. The molecule has 2 aromatic heterocycles. The molecule has 5 rings (SSSR count). The van der Waals surface area contributed by atoms with Crippen LogP contribution >= 0.6 is 0 Å². The maximum absolute atomic E-state index is 13.0. The van der Waals surface area contributed by atoms with E-state index in [1.54, 1.807) is 10.6 Å². The molecule has 1 aromatic carbocycles. The van der Waals surface area contributed by atoms with E-state index in [1.807, 2.05) is 19.1 Å². The molecule has 2 aliphatic rings. The van der Waals surface area contributed by atoms with E-state index in [0.717, 1.165) is 42.9 Å². The van der Waals surface area contributed by atoms with Crippen molar-refractivity contribution in [2.75, 3.05) is 30.1 Å². The Labute approximate surface area is 174 Å². The van der Waals surface area contributed by atoms with Crippen molar-refractivity contribution in [3.8, 4) is 11.5 Å². The number of nitrogens with one attached hydrogen (secondary N) is 1. The van der Waals surface area contributed by atoms with Crippen molar-refractivity contribution in [3.63, 3.8) is 0 Å². The molecular weight excluding hydrogens is 384 g/mol. The van der Waals surface area contributed by atoms with Crippen molar-refractivity contribution in [3.05, 3.63) is 35.8 Å². The fourth-order valence-electron chi connectivity index (χ4n) is 4.31. The molecule has 1 N–H and O–H groups in total. The van der Waals surface area contributed by atoms with Crippen LogP contribution < -0.4 is 19.7 Å². The van der Waals surface area contributed by atoms with E-state index in [-0.39, 0.29) is 18.6 Å². The number of amides is 1. The van der Waals surface area contributed by atoms with Gasteiger partial charge in [-0.1, -0.05) is 6.92 Å².